The number of amides is 1. The van der Waals surface area contributed by atoms with E-state index in [0.29, 0.717) is 43.4 Å². The summed E-state index contributed by atoms with van der Waals surface area (Å²) in [5, 5.41) is 9.08. The van der Waals surface area contributed by atoms with Crippen LogP contribution in [0.15, 0.2) is 36.1 Å². The number of rotatable bonds is 8. The van der Waals surface area contributed by atoms with Crippen molar-refractivity contribution in [3.05, 3.63) is 52.4 Å². The molecule has 33 heavy (non-hydrogen) atoms. The molecule has 1 N–H and O–H groups in total. The van der Waals surface area contributed by atoms with E-state index in [1.54, 1.807) is 10.9 Å². The van der Waals surface area contributed by atoms with Crippen LogP contribution in [0.2, 0.25) is 0 Å². The van der Waals surface area contributed by atoms with E-state index in [1.165, 1.54) is 11.3 Å². The van der Waals surface area contributed by atoms with E-state index in [2.05, 4.69) is 10.4 Å². The van der Waals surface area contributed by atoms with E-state index >= 15 is 0 Å². The van der Waals surface area contributed by atoms with Crippen molar-refractivity contribution in [2.24, 2.45) is 7.05 Å². The van der Waals surface area contributed by atoms with Crippen LogP contribution in [0.3, 0.4) is 0 Å². The van der Waals surface area contributed by atoms with Crippen molar-refractivity contribution in [2.45, 2.75) is 32.3 Å². The molecule has 1 atom stereocenters. The maximum atomic E-state index is 12.3. The fraction of sp³-hybridized carbons (Fsp3) is 0.391. The summed E-state index contributed by atoms with van der Waals surface area (Å²) < 4.78 is 15.5. The molecule has 4 aromatic rings. The zero-order chi connectivity index (χ0) is 22.8. The van der Waals surface area contributed by atoms with Crippen molar-refractivity contribution in [1.82, 2.24) is 29.6 Å². The van der Waals surface area contributed by atoms with Crippen molar-refractivity contribution in [1.29, 1.82) is 0 Å². The monoisotopic (exact) mass is 466 g/mol. The van der Waals surface area contributed by atoms with Crippen molar-refractivity contribution < 1.29 is 14.3 Å². The van der Waals surface area contributed by atoms with Gasteiger partial charge in [-0.05, 0) is 18.6 Å². The van der Waals surface area contributed by atoms with Crippen LogP contribution in [-0.4, -0.2) is 56.1 Å². The molecule has 0 saturated carbocycles. The third-order valence-corrected chi connectivity index (χ3v) is 6.40. The van der Waals surface area contributed by atoms with E-state index in [-0.39, 0.29) is 12.0 Å². The predicted molar refractivity (Wildman–Crippen MR) is 125 cm³/mol. The summed E-state index contributed by atoms with van der Waals surface area (Å²) in [6.45, 7) is 3.94. The minimum atomic E-state index is -0.0467. The molecular weight excluding hydrogens is 440 g/mol. The second-order valence-electron chi connectivity index (χ2n) is 8.07. The van der Waals surface area contributed by atoms with Crippen LogP contribution in [0, 0.1) is 0 Å². The number of nitrogens with zero attached hydrogens (tertiary/aromatic N) is 5. The topological polar surface area (TPSA) is 96.1 Å². The Bertz CT molecular complexity index is 1270. The van der Waals surface area contributed by atoms with Gasteiger partial charge in [0.2, 0.25) is 5.88 Å². The lowest BCUT2D eigenvalue weighted by molar-refractivity contribution is 0.0954. The molecule has 1 fully saturated rings. The Hall–Kier alpha value is -3.24. The number of carbonyl (C=O) groups is 1. The first-order valence-corrected chi connectivity index (χ1v) is 12.0. The van der Waals surface area contributed by atoms with Crippen molar-refractivity contribution in [2.75, 3.05) is 19.8 Å². The van der Waals surface area contributed by atoms with Gasteiger partial charge in [-0.2, -0.15) is 10.1 Å². The van der Waals surface area contributed by atoms with Gasteiger partial charge >= 0.3 is 0 Å². The molecule has 9 nitrogen and oxygen atoms in total. The highest BCUT2D eigenvalue weighted by atomic mass is 32.1. The quantitative estimate of drug-likeness (QED) is 0.429. The van der Waals surface area contributed by atoms with Crippen molar-refractivity contribution in [3.63, 3.8) is 0 Å². The van der Waals surface area contributed by atoms with Gasteiger partial charge < -0.3 is 19.4 Å². The fourth-order valence-electron chi connectivity index (χ4n) is 3.82. The molecule has 10 heteroatoms. The van der Waals surface area contributed by atoms with Crippen molar-refractivity contribution >= 4 is 28.3 Å². The van der Waals surface area contributed by atoms with E-state index in [0.717, 1.165) is 34.4 Å². The number of ether oxygens (including phenoxy) is 2. The molecule has 1 aliphatic rings. The molecule has 0 radical (unpaired) electrons. The number of aromatic nitrogens is 5. The highest BCUT2D eigenvalue weighted by molar-refractivity contribution is 7.10. The average molecular weight is 467 g/mol. The van der Waals surface area contributed by atoms with Crippen LogP contribution in [0.5, 0.6) is 5.88 Å². The lowest BCUT2D eigenvalue weighted by atomic mass is 10.2. The maximum absolute atomic E-state index is 12.3. The SMILES string of the molecule is CCCNC(=O)c1csc(Cc2nc(O[C@H]3CCOC3)c3c(ccn3-c3cnn(C)c3)n2)c1. The zero-order valence-corrected chi connectivity index (χ0v) is 19.5. The lowest BCUT2D eigenvalue weighted by Gasteiger charge is -2.14. The first kappa shape index (κ1) is 21.6. The fourth-order valence-corrected chi connectivity index (χ4v) is 4.68. The number of nitrogens with one attached hydrogen (secondary N) is 1. The van der Waals surface area contributed by atoms with Gasteiger partial charge in [-0.1, -0.05) is 6.92 Å². The number of fused-ring (bicyclic) bond motifs is 1. The van der Waals surface area contributed by atoms with E-state index in [9.17, 15) is 4.79 Å². The molecule has 1 aliphatic heterocycles. The second-order valence-corrected chi connectivity index (χ2v) is 9.07. The third kappa shape index (κ3) is 4.62. The molecule has 0 aliphatic carbocycles. The number of hydrogen-bond donors (Lipinski definition) is 1. The Morgan fingerprint density at radius 3 is 3.06 bits per heavy atom. The second kappa shape index (κ2) is 9.32. The molecule has 0 bridgehead atoms. The van der Waals surface area contributed by atoms with Crippen LogP contribution in [0.1, 0.15) is 40.8 Å². The predicted octanol–water partition coefficient (Wildman–Crippen LogP) is 3.11. The number of aryl methyl sites for hydroxylation is 1. The molecule has 4 aromatic heterocycles. The Labute approximate surface area is 195 Å². The molecule has 172 valence electrons. The van der Waals surface area contributed by atoms with Crippen LogP contribution >= 0.6 is 11.3 Å². The first-order valence-electron chi connectivity index (χ1n) is 11.1. The number of hydrogen-bond acceptors (Lipinski definition) is 7. The normalized spacial score (nSPS) is 15.9. The van der Waals surface area contributed by atoms with Gasteiger partial charge in [0, 0.05) is 49.1 Å². The van der Waals surface area contributed by atoms with E-state index in [1.807, 2.05) is 48.4 Å². The highest BCUT2D eigenvalue weighted by Crippen LogP contribution is 2.29. The Kier molecular flexibility index (Phi) is 6.10. The molecule has 0 unspecified atom stereocenters. The van der Waals surface area contributed by atoms with Gasteiger partial charge in [0.1, 0.15) is 17.4 Å². The van der Waals surface area contributed by atoms with Gasteiger partial charge in [-0.25, -0.2) is 4.98 Å². The van der Waals surface area contributed by atoms with Crippen LogP contribution in [0.4, 0.5) is 0 Å². The third-order valence-electron chi connectivity index (χ3n) is 5.47. The number of carbonyl (C=O) groups excluding carboxylic acids is 1. The summed E-state index contributed by atoms with van der Waals surface area (Å²) in [7, 11) is 1.88. The van der Waals surface area contributed by atoms with Crippen LogP contribution in [-0.2, 0) is 18.2 Å². The largest absolute Gasteiger partial charge is 0.470 e. The smallest absolute Gasteiger partial charge is 0.252 e. The van der Waals surface area contributed by atoms with Gasteiger partial charge in [0.25, 0.3) is 5.91 Å². The van der Waals surface area contributed by atoms with Crippen molar-refractivity contribution in [3.8, 4) is 11.6 Å². The summed E-state index contributed by atoms with van der Waals surface area (Å²) >= 11 is 1.54. The highest BCUT2D eigenvalue weighted by Gasteiger charge is 2.22. The van der Waals surface area contributed by atoms with Gasteiger partial charge in [0.05, 0.1) is 36.2 Å². The van der Waals surface area contributed by atoms with E-state index < -0.39 is 0 Å². The molecule has 1 saturated heterocycles. The van der Waals surface area contributed by atoms with Gasteiger partial charge in [-0.15, -0.1) is 11.3 Å². The van der Waals surface area contributed by atoms with Crippen LogP contribution < -0.4 is 10.1 Å². The molecule has 5 heterocycles. The molecule has 0 aromatic carbocycles. The standard InChI is InChI=1S/C23H26N6O3S/c1-3-6-24-22(30)15-9-18(33-14-15)10-20-26-19-4-7-29(16-11-25-28(2)12-16)21(19)23(27-20)32-17-5-8-31-13-17/h4,7,9,11-12,14,17H,3,5-6,8,10,13H2,1-2H3,(H,24,30)/t17-/m0/s1. The summed E-state index contributed by atoms with van der Waals surface area (Å²) in [6, 6.07) is 3.87. The maximum Gasteiger partial charge on any atom is 0.252 e. The summed E-state index contributed by atoms with van der Waals surface area (Å²) in [4.78, 5) is 22.9. The first-order chi connectivity index (χ1) is 16.1. The summed E-state index contributed by atoms with van der Waals surface area (Å²) in [6.07, 6.45) is 7.92. The zero-order valence-electron chi connectivity index (χ0n) is 18.7. The molecule has 0 spiro atoms. The molecule has 1 amide bonds. The number of thiophene rings is 1. The minimum absolute atomic E-state index is 0.0381. The minimum Gasteiger partial charge on any atom is -0.470 e. The van der Waals surface area contributed by atoms with Gasteiger partial charge in [0.15, 0.2) is 0 Å². The average Bonchev–Trinajstić information content (AvgIpc) is 3.59. The molecule has 5 rings (SSSR count). The summed E-state index contributed by atoms with van der Waals surface area (Å²) in [5.41, 5.74) is 3.20. The van der Waals surface area contributed by atoms with Crippen LogP contribution in [0.25, 0.3) is 16.7 Å². The van der Waals surface area contributed by atoms with Gasteiger partial charge in [-0.3, -0.25) is 9.48 Å². The Morgan fingerprint density at radius 1 is 1.39 bits per heavy atom. The lowest BCUT2D eigenvalue weighted by Crippen LogP contribution is -2.23. The Morgan fingerprint density at radius 2 is 2.30 bits per heavy atom. The van der Waals surface area contributed by atoms with E-state index in [4.69, 9.17) is 19.4 Å². The molecular formula is C23H26N6O3S. The Balaban J connectivity index is 1.47. The summed E-state index contributed by atoms with van der Waals surface area (Å²) in [5.74, 6) is 1.15.